The highest BCUT2D eigenvalue weighted by molar-refractivity contribution is 7.99. The Morgan fingerprint density at radius 1 is 1.07 bits per heavy atom. The Kier molecular flexibility index (Phi) is 5.09. The minimum Gasteiger partial charge on any atom is -0.366 e. The summed E-state index contributed by atoms with van der Waals surface area (Å²) >= 11 is 1.23. The summed E-state index contributed by atoms with van der Waals surface area (Å²) in [6, 6.07) is 9.69. The lowest BCUT2D eigenvalue weighted by atomic mass is 9.89. The van der Waals surface area contributed by atoms with Gasteiger partial charge in [0.15, 0.2) is 5.82 Å². The van der Waals surface area contributed by atoms with Crippen molar-refractivity contribution < 1.29 is 9.59 Å². The van der Waals surface area contributed by atoms with E-state index in [1.165, 1.54) is 11.9 Å². The van der Waals surface area contributed by atoms with Crippen molar-refractivity contribution in [2.45, 2.75) is 11.8 Å². The monoisotopic (exact) mass is 407 g/mol. The number of aromatic nitrogens is 3. The van der Waals surface area contributed by atoms with E-state index in [0.29, 0.717) is 17.8 Å². The van der Waals surface area contributed by atoms with E-state index in [1.807, 2.05) is 36.4 Å². The second-order valence-electron chi connectivity index (χ2n) is 6.41. The molecule has 0 bridgehead atoms. The van der Waals surface area contributed by atoms with E-state index in [9.17, 15) is 9.59 Å². The van der Waals surface area contributed by atoms with E-state index in [2.05, 4.69) is 24.7 Å². The van der Waals surface area contributed by atoms with Crippen LogP contribution in [-0.2, 0) is 11.3 Å². The molecule has 9 nitrogen and oxygen atoms in total. The summed E-state index contributed by atoms with van der Waals surface area (Å²) in [4.78, 5) is 36.1. The molecule has 29 heavy (non-hydrogen) atoms. The minimum absolute atomic E-state index is 0.160. The van der Waals surface area contributed by atoms with Crippen molar-refractivity contribution in [2.75, 3.05) is 5.32 Å². The molecule has 0 saturated heterocycles. The zero-order valence-electron chi connectivity index (χ0n) is 15.1. The quantitative estimate of drug-likeness (QED) is 0.605. The molecule has 10 heteroatoms. The molecule has 146 valence electrons. The molecule has 1 aliphatic heterocycles. The first-order valence-corrected chi connectivity index (χ1v) is 9.62. The Balaban J connectivity index is 1.63. The van der Waals surface area contributed by atoms with Crippen LogP contribution in [0, 0.1) is 5.92 Å². The predicted octanol–water partition coefficient (Wildman–Crippen LogP) is 1.000. The van der Waals surface area contributed by atoms with E-state index in [4.69, 9.17) is 11.5 Å². The van der Waals surface area contributed by atoms with Crippen LogP contribution < -0.4 is 16.8 Å². The van der Waals surface area contributed by atoms with Gasteiger partial charge in [-0.2, -0.15) is 9.97 Å². The molecule has 0 spiro atoms. The third-order valence-corrected chi connectivity index (χ3v) is 5.55. The summed E-state index contributed by atoms with van der Waals surface area (Å²) in [7, 11) is 0. The van der Waals surface area contributed by atoms with Crippen molar-refractivity contribution in [3.63, 3.8) is 0 Å². The van der Waals surface area contributed by atoms with Crippen molar-refractivity contribution >= 4 is 35.4 Å². The van der Waals surface area contributed by atoms with Crippen molar-refractivity contribution in [1.82, 2.24) is 15.0 Å². The van der Waals surface area contributed by atoms with E-state index in [0.717, 1.165) is 5.56 Å². The molecule has 2 heterocycles. The molecular formula is C19H17N7O2S. The van der Waals surface area contributed by atoms with E-state index >= 15 is 0 Å². The van der Waals surface area contributed by atoms with Crippen LogP contribution in [-0.4, -0.2) is 37.7 Å². The molecule has 1 aromatic carbocycles. The fourth-order valence-electron chi connectivity index (χ4n) is 3.07. The topological polar surface area (TPSA) is 149 Å². The summed E-state index contributed by atoms with van der Waals surface area (Å²) in [5, 5.41) is 2.84. The number of amides is 2. The minimum atomic E-state index is -0.767. The second kappa shape index (κ2) is 7.84. The van der Waals surface area contributed by atoms with Crippen LogP contribution in [0.3, 0.4) is 0 Å². The standard InChI is InChI=1S/C19H17N7O2S/c20-15(27)12-8-4-7-11-13(26-29-14(11)12)17-23-18(16(21)28)25-19(24-17)22-9-10-5-2-1-3-6-10/h1-8,11,14H,9H2,(H2,20,27)(H2,21,28)(H,22,23,24,25). The smallest absolute Gasteiger partial charge is 0.286 e. The summed E-state index contributed by atoms with van der Waals surface area (Å²) < 4.78 is 4.44. The van der Waals surface area contributed by atoms with E-state index < -0.39 is 11.8 Å². The zero-order valence-corrected chi connectivity index (χ0v) is 16.0. The number of benzene rings is 1. The molecule has 0 saturated carbocycles. The van der Waals surface area contributed by atoms with Crippen LogP contribution >= 0.6 is 11.9 Å². The first-order chi connectivity index (χ1) is 14.0. The first-order valence-electron chi connectivity index (χ1n) is 8.79. The van der Waals surface area contributed by atoms with Gasteiger partial charge in [0.1, 0.15) is 5.71 Å². The Morgan fingerprint density at radius 2 is 1.86 bits per heavy atom. The van der Waals surface area contributed by atoms with Gasteiger partial charge in [-0.15, -0.1) is 0 Å². The molecule has 2 unspecified atom stereocenters. The average Bonchev–Trinajstić information content (AvgIpc) is 3.17. The third-order valence-electron chi connectivity index (χ3n) is 4.47. The number of carbonyl (C=O) groups excluding carboxylic acids is 2. The molecule has 4 rings (SSSR count). The number of fused-ring (bicyclic) bond motifs is 1. The molecule has 0 fully saturated rings. The van der Waals surface area contributed by atoms with E-state index in [-0.39, 0.29) is 28.8 Å². The highest BCUT2D eigenvalue weighted by Gasteiger charge is 2.39. The highest BCUT2D eigenvalue weighted by atomic mass is 32.2. The number of carbonyl (C=O) groups is 2. The zero-order chi connectivity index (χ0) is 20.4. The maximum absolute atomic E-state index is 11.7. The molecule has 2 atom stereocenters. The Hall–Kier alpha value is -3.53. The third kappa shape index (κ3) is 3.87. The Labute approximate surface area is 170 Å². The van der Waals surface area contributed by atoms with Gasteiger partial charge in [0.25, 0.3) is 5.91 Å². The van der Waals surface area contributed by atoms with Gasteiger partial charge >= 0.3 is 0 Å². The number of rotatable bonds is 6. The van der Waals surface area contributed by atoms with Gasteiger partial charge in [-0.05, 0) is 17.5 Å². The van der Waals surface area contributed by atoms with Crippen LogP contribution in [0.15, 0.2) is 58.5 Å². The molecule has 1 aliphatic carbocycles. The van der Waals surface area contributed by atoms with E-state index in [1.54, 1.807) is 12.2 Å². The molecule has 2 amide bonds. The van der Waals surface area contributed by atoms with Gasteiger partial charge in [0, 0.05) is 18.0 Å². The number of nitrogens with two attached hydrogens (primary N) is 2. The summed E-state index contributed by atoms with van der Waals surface area (Å²) in [6.07, 6.45) is 5.35. The predicted molar refractivity (Wildman–Crippen MR) is 110 cm³/mol. The maximum atomic E-state index is 11.7. The normalized spacial score (nSPS) is 19.9. The maximum Gasteiger partial charge on any atom is 0.286 e. The summed E-state index contributed by atoms with van der Waals surface area (Å²) in [5.41, 5.74) is 12.9. The van der Waals surface area contributed by atoms with Gasteiger partial charge in [-0.1, -0.05) is 48.6 Å². The average molecular weight is 407 g/mol. The highest BCUT2D eigenvalue weighted by Crippen LogP contribution is 2.39. The fourth-order valence-corrected chi connectivity index (χ4v) is 4.16. The van der Waals surface area contributed by atoms with Crippen LogP contribution in [0.5, 0.6) is 0 Å². The molecule has 0 radical (unpaired) electrons. The van der Waals surface area contributed by atoms with Gasteiger partial charge in [-0.25, -0.2) is 9.38 Å². The number of anilines is 1. The van der Waals surface area contributed by atoms with Crippen molar-refractivity contribution in [1.29, 1.82) is 0 Å². The fraction of sp³-hybridized carbons (Fsp3) is 0.158. The first kappa shape index (κ1) is 18.8. The Bertz CT molecular complexity index is 1070. The number of nitrogens with zero attached hydrogens (tertiary/aromatic N) is 4. The van der Waals surface area contributed by atoms with Crippen LogP contribution in [0.25, 0.3) is 0 Å². The van der Waals surface area contributed by atoms with Gasteiger partial charge in [-0.3, -0.25) is 9.59 Å². The molecule has 1 aromatic heterocycles. The largest absolute Gasteiger partial charge is 0.366 e. The lowest BCUT2D eigenvalue weighted by Crippen LogP contribution is -2.31. The lowest BCUT2D eigenvalue weighted by molar-refractivity contribution is -0.114. The van der Waals surface area contributed by atoms with Crippen LogP contribution in [0.4, 0.5) is 5.95 Å². The number of nitrogens with one attached hydrogen (secondary N) is 1. The van der Waals surface area contributed by atoms with Crippen LogP contribution in [0.1, 0.15) is 22.0 Å². The second-order valence-corrected chi connectivity index (χ2v) is 7.31. The van der Waals surface area contributed by atoms with Crippen molar-refractivity contribution in [3.05, 3.63) is 71.3 Å². The molecule has 5 N–H and O–H groups in total. The van der Waals surface area contributed by atoms with Gasteiger partial charge in [0.2, 0.25) is 17.7 Å². The number of primary amides is 2. The summed E-state index contributed by atoms with van der Waals surface area (Å²) in [6.45, 7) is 0.463. The molecular weight excluding hydrogens is 390 g/mol. The van der Waals surface area contributed by atoms with Crippen molar-refractivity contribution in [3.8, 4) is 0 Å². The number of hydrogen-bond donors (Lipinski definition) is 3. The summed E-state index contributed by atoms with van der Waals surface area (Å²) in [5.74, 6) is -1.21. The van der Waals surface area contributed by atoms with Crippen LogP contribution in [0.2, 0.25) is 0 Å². The SMILES string of the molecule is NC(=O)C1=CC=CC2C(c3nc(NCc4ccccc4)nc(C(N)=O)n3)=NSC12. The molecule has 2 aliphatic rings. The Morgan fingerprint density at radius 3 is 2.59 bits per heavy atom. The van der Waals surface area contributed by atoms with Gasteiger partial charge < -0.3 is 16.8 Å². The van der Waals surface area contributed by atoms with Gasteiger partial charge in [0.05, 0.1) is 5.25 Å². The molecule has 2 aromatic rings. The lowest BCUT2D eigenvalue weighted by Gasteiger charge is -2.20. The number of allylic oxidation sites excluding steroid dienone is 3. The number of hydrogen-bond acceptors (Lipinski definition) is 8. The van der Waals surface area contributed by atoms with Crippen molar-refractivity contribution in [2.24, 2.45) is 21.8 Å².